The molecule has 2 fully saturated rings. The van der Waals surface area contributed by atoms with Crippen molar-refractivity contribution in [3.63, 3.8) is 0 Å². The Labute approximate surface area is 165 Å². The van der Waals surface area contributed by atoms with Gasteiger partial charge < -0.3 is 19.6 Å². The molecule has 2 heterocycles. The van der Waals surface area contributed by atoms with Crippen molar-refractivity contribution < 1.29 is 24.2 Å². The predicted molar refractivity (Wildman–Crippen MR) is 103 cm³/mol. The molecule has 1 aromatic carbocycles. The normalized spacial score (nSPS) is 20.6. The van der Waals surface area contributed by atoms with Gasteiger partial charge in [-0.15, -0.1) is 0 Å². The third-order valence-electron chi connectivity index (χ3n) is 5.62. The van der Waals surface area contributed by atoms with Crippen LogP contribution < -0.4 is 4.74 Å². The lowest BCUT2D eigenvalue weighted by molar-refractivity contribution is -0.142. The van der Waals surface area contributed by atoms with E-state index in [4.69, 9.17) is 9.84 Å². The highest BCUT2D eigenvalue weighted by Gasteiger charge is 2.33. The van der Waals surface area contributed by atoms with Crippen LogP contribution in [-0.2, 0) is 14.4 Å². The maximum Gasteiger partial charge on any atom is 0.303 e. The zero-order chi connectivity index (χ0) is 19.9. The molecule has 2 amide bonds. The lowest BCUT2D eigenvalue weighted by Crippen LogP contribution is -2.49. The number of carbonyl (C=O) groups excluding carboxylic acids is 2. The van der Waals surface area contributed by atoms with Gasteiger partial charge in [0.05, 0.1) is 5.92 Å². The minimum atomic E-state index is -0.774. The van der Waals surface area contributed by atoms with Crippen LogP contribution in [0.2, 0.25) is 0 Å². The number of likely N-dealkylation sites (tertiary alicyclic amines) is 2. The van der Waals surface area contributed by atoms with Crippen molar-refractivity contribution in [3.8, 4) is 5.75 Å². The van der Waals surface area contributed by atoms with Crippen molar-refractivity contribution >= 4 is 17.8 Å². The molecule has 1 aromatic rings. The smallest absolute Gasteiger partial charge is 0.303 e. The number of carboxylic acid groups (broad SMARTS) is 1. The largest absolute Gasteiger partial charge is 0.484 e. The molecule has 2 aliphatic rings. The fourth-order valence-corrected chi connectivity index (χ4v) is 4.02. The second-order valence-corrected chi connectivity index (χ2v) is 7.65. The van der Waals surface area contributed by atoms with Crippen LogP contribution in [0.4, 0.5) is 0 Å². The molecule has 0 radical (unpaired) electrons. The van der Waals surface area contributed by atoms with Crippen LogP contribution in [0.1, 0.15) is 32.1 Å². The van der Waals surface area contributed by atoms with E-state index in [-0.39, 0.29) is 36.7 Å². The molecule has 7 heteroatoms. The van der Waals surface area contributed by atoms with Gasteiger partial charge in [0.15, 0.2) is 6.61 Å². The SMILES string of the molecule is O=C(O)CC1CCN(C(=O)C2CCCN(C(=O)COc3ccccc3)C2)CC1. The number of carboxylic acids is 1. The van der Waals surface area contributed by atoms with Gasteiger partial charge in [-0.2, -0.15) is 0 Å². The van der Waals surface area contributed by atoms with E-state index in [2.05, 4.69) is 0 Å². The van der Waals surface area contributed by atoms with E-state index >= 15 is 0 Å². The van der Waals surface area contributed by atoms with Gasteiger partial charge in [-0.25, -0.2) is 0 Å². The number of para-hydroxylation sites is 1. The van der Waals surface area contributed by atoms with Crippen molar-refractivity contribution in [1.29, 1.82) is 0 Å². The van der Waals surface area contributed by atoms with Gasteiger partial charge in [0, 0.05) is 32.6 Å². The Morgan fingerprint density at radius 2 is 1.71 bits per heavy atom. The number of carbonyl (C=O) groups is 3. The maximum absolute atomic E-state index is 12.9. The first-order chi connectivity index (χ1) is 13.5. The van der Waals surface area contributed by atoms with Crippen LogP contribution in [0.5, 0.6) is 5.75 Å². The topological polar surface area (TPSA) is 87.2 Å². The summed E-state index contributed by atoms with van der Waals surface area (Å²) in [5.74, 6) is -0.142. The van der Waals surface area contributed by atoms with E-state index in [0.717, 1.165) is 25.7 Å². The van der Waals surface area contributed by atoms with Gasteiger partial charge in [0.25, 0.3) is 5.91 Å². The standard InChI is InChI=1S/C21H28N2O5/c24-19(15-28-18-6-2-1-3-7-18)23-10-4-5-17(14-23)21(27)22-11-8-16(9-12-22)13-20(25)26/h1-3,6-7,16-17H,4-5,8-15H2,(H,25,26). The molecule has 2 aliphatic heterocycles. The molecule has 0 saturated carbocycles. The fourth-order valence-electron chi connectivity index (χ4n) is 4.02. The first-order valence-corrected chi connectivity index (χ1v) is 9.99. The van der Waals surface area contributed by atoms with Crippen LogP contribution in [-0.4, -0.2) is 65.5 Å². The van der Waals surface area contributed by atoms with Crippen LogP contribution in [0.15, 0.2) is 30.3 Å². The van der Waals surface area contributed by atoms with Crippen LogP contribution in [0.3, 0.4) is 0 Å². The lowest BCUT2D eigenvalue weighted by Gasteiger charge is -2.37. The quantitative estimate of drug-likeness (QED) is 0.806. The molecule has 1 N–H and O–H groups in total. The number of ether oxygens (including phenoxy) is 1. The van der Waals surface area contributed by atoms with Crippen molar-refractivity contribution in [2.75, 3.05) is 32.8 Å². The molecule has 1 unspecified atom stereocenters. The van der Waals surface area contributed by atoms with Gasteiger partial charge in [-0.3, -0.25) is 14.4 Å². The molecule has 0 bridgehead atoms. The summed E-state index contributed by atoms with van der Waals surface area (Å²) in [6.45, 7) is 2.29. The fraction of sp³-hybridized carbons (Fsp3) is 0.571. The lowest BCUT2D eigenvalue weighted by atomic mass is 9.91. The minimum Gasteiger partial charge on any atom is -0.484 e. The molecule has 28 heavy (non-hydrogen) atoms. The number of benzene rings is 1. The van der Waals surface area contributed by atoms with Crippen molar-refractivity contribution in [1.82, 2.24) is 9.80 Å². The van der Waals surface area contributed by atoms with E-state index in [9.17, 15) is 14.4 Å². The third kappa shape index (κ3) is 5.47. The molecule has 1 atom stereocenters. The van der Waals surface area contributed by atoms with Crippen molar-refractivity contribution in [3.05, 3.63) is 30.3 Å². The summed E-state index contributed by atoms with van der Waals surface area (Å²) in [4.78, 5) is 39.8. The van der Waals surface area contributed by atoms with Gasteiger partial charge in [0.2, 0.25) is 5.91 Å². The summed E-state index contributed by atoms with van der Waals surface area (Å²) in [6.07, 6.45) is 3.24. The van der Waals surface area contributed by atoms with E-state index in [1.54, 1.807) is 4.90 Å². The minimum absolute atomic E-state index is 0.0223. The maximum atomic E-state index is 12.9. The summed E-state index contributed by atoms with van der Waals surface area (Å²) >= 11 is 0. The monoisotopic (exact) mass is 388 g/mol. The van der Waals surface area contributed by atoms with Crippen LogP contribution in [0, 0.1) is 11.8 Å². The summed E-state index contributed by atoms with van der Waals surface area (Å²) in [6, 6.07) is 9.22. The zero-order valence-electron chi connectivity index (χ0n) is 16.1. The number of hydrogen-bond donors (Lipinski definition) is 1. The number of rotatable bonds is 6. The first kappa shape index (κ1) is 20.2. The average Bonchev–Trinajstić information content (AvgIpc) is 2.72. The highest BCUT2D eigenvalue weighted by atomic mass is 16.5. The number of amides is 2. The van der Waals surface area contributed by atoms with Gasteiger partial charge in [-0.1, -0.05) is 18.2 Å². The molecular weight excluding hydrogens is 360 g/mol. The Balaban J connectivity index is 1.47. The molecule has 0 aromatic heterocycles. The molecule has 0 aliphatic carbocycles. The molecule has 2 saturated heterocycles. The molecule has 7 nitrogen and oxygen atoms in total. The first-order valence-electron chi connectivity index (χ1n) is 9.99. The number of piperidine rings is 2. The highest BCUT2D eigenvalue weighted by molar-refractivity contribution is 5.82. The third-order valence-corrected chi connectivity index (χ3v) is 5.62. The molecule has 3 rings (SSSR count). The second-order valence-electron chi connectivity index (χ2n) is 7.65. The number of nitrogens with zero attached hydrogens (tertiary/aromatic N) is 2. The van der Waals surface area contributed by atoms with E-state index in [1.165, 1.54) is 0 Å². The van der Waals surface area contributed by atoms with Gasteiger partial charge >= 0.3 is 5.97 Å². The van der Waals surface area contributed by atoms with Crippen LogP contribution >= 0.6 is 0 Å². The predicted octanol–water partition coefficient (Wildman–Crippen LogP) is 2.02. The zero-order valence-corrected chi connectivity index (χ0v) is 16.1. The van der Waals surface area contributed by atoms with Crippen molar-refractivity contribution in [2.45, 2.75) is 32.1 Å². The van der Waals surface area contributed by atoms with Gasteiger partial charge in [0.1, 0.15) is 5.75 Å². The van der Waals surface area contributed by atoms with Crippen molar-refractivity contribution in [2.24, 2.45) is 11.8 Å². The van der Waals surface area contributed by atoms with E-state index < -0.39 is 5.97 Å². The second kappa shape index (κ2) is 9.57. The Bertz CT molecular complexity index is 685. The van der Waals surface area contributed by atoms with Gasteiger partial charge in [-0.05, 0) is 43.7 Å². The molecular formula is C21H28N2O5. The number of aliphatic carboxylic acids is 1. The summed E-state index contributed by atoms with van der Waals surface area (Å²) in [5.41, 5.74) is 0. The molecule has 152 valence electrons. The van der Waals surface area contributed by atoms with E-state index in [0.29, 0.717) is 31.9 Å². The summed E-state index contributed by atoms with van der Waals surface area (Å²) in [7, 11) is 0. The highest BCUT2D eigenvalue weighted by Crippen LogP contribution is 2.25. The Morgan fingerprint density at radius 1 is 1.00 bits per heavy atom. The van der Waals surface area contributed by atoms with E-state index in [1.807, 2.05) is 35.2 Å². The summed E-state index contributed by atoms with van der Waals surface area (Å²) < 4.78 is 5.54. The Morgan fingerprint density at radius 3 is 2.39 bits per heavy atom. The Kier molecular flexibility index (Phi) is 6.90. The Hall–Kier alpha value is -2.57. The summed E-state index contributed by atoms with van der Waals surface area (Å²) in [5, 5.41) is 8.91. The van der Waals surface area contributed by atoms with Crippen LogP contribution in [0.25, 0.3) is 0 Å². The average molecular weight is 388 g/mol. The molecule has 0 spiro atoms. The number of hydrogen-bond acceptors (Lipinski definition) is 4.